The summed E-state index contributed by atoms with van der Waals surface area (Å²) in [5.74, 6) is 0. The Labute approximate surface area is 127 Å². The number of thiocarbonyl (C=S) groups is 1. The number of hydrogen-bond acceptors (Lipinski definition) is 3. The van der Waals surface area contributed by atoms with Crippen LogP contribution in [-0.4, -0.2) is 29.9 Å². The van der Waals surface area contributed by atoms with Crippen molar-refractivity contribution in [3.05, 3.63) is 52.3 Å². The monoisotopic (exact) mass is 307 g/mol. The average Bonchev–Trinajstić information content (AvgIpc) is 2.87. The van der Waals surface area contributed by atoms with Gasteiger partial charge in [0.1, 0.15) is 0 Å². The molecule has 0 radical (unpaired) electrons. The lowest BCUT2D eigenvalue weighted by molar-refractivity contribution is 0.204. The summed E-state index contributed by atoms with van der Waals surface area (Å²) in [4.78, 5) is 5.33. The van der Waals surface area contributed by atoms with Gasteiger partial charge in [-0.3, -0.25) is 0 Å². The molecule has 2 rings (SSSR count). The molecule has 1 heterocycles. The molecule has 2 aromatic rings. The maximum Gasteiger partial charge on any atom is 0.195 e. The Morgan fingerprint density at radius 1 is 1.40 bits per heavy atom. The lowest BCUT2D eigenvalue weighted by Crippen LogP contribution is -2.27. The normalized spacial score (nSPS) is 11.6. The van der Waals surface area contributed by atoms with Crippen molar-refractivity contribution in [2.24, 2.45) is 4.99 Å². The SMILES string of the molecule is COCCNC(=S)N=c1sccn1Cc1ccccc1. The number of thiazole rings is 1. The summed E-state index contributed by atoms with van der Waals surface area (Å²) in [6.07, 6.45) is 2.02. The predicted octanol–water partition coefficient (Wildman–Crippen LogP) is 2.02. The summed E-state index contributed by atoms with van der Waals surface area (Å²) in [5, 5.41) is 5.55. The highest BCUT2D eigenvalue weighted by Crippen LogP contribution is 2.01. The van der Waals surface area contributed by atoms with Crippen molar-refractivity contribution in [1.29, 1.82) is 0 Å². The first-order valence-electron chi connectivity index (χ1n) is 6.29. The molecule has 106 valence electrons. The molecule has 0 aliphatic rings. The van der Waals surface area contributed by atoms with Crippen LogP contribution >= 0.6 is 23.6 Å². The van der Waals surface area contributed by atoms with E-state index in [1.165, 1.54) is 5.56 Å². The van der Waals surface area contributed by atoms with Gasteiger partial charge in [-0.25, -0.2) is 0 Å². The van der Waals surface area contributed by atoms with E-state index in [2.05, 4.69) is 27.0 Å². The first-order chi connectivity index (χ1) is 9.79. The number of benzene rings is 1. The van der Waals surface area contributed by atoms with Crippen LogP contribution in [0.25, 0.3) is 0 Å². The zero-order chi connectivity index (χ0) is 14.2. The Kier molecular flexibility index (Phi) is 5.91. The van der Waals surface area contributed by atoms with E-state index in [1.54, 1.807) is 18.4 Å². The van der Waals surface area contributed by atoms with Gasteiger partial charge in [-0.15, -0.1) is 11.3 Å². The van der Waals surface area contributed by atoms with E-state index < -0.39 is 0 Å². The van der Waals surface area contributed by atoms with E-state index >= 15 is 0 Å². The van der Waals surface area contributed by atoms with Crippen molar-refractivity contribution < 1.29 is 4.74 Å². The summed E-state index contributed by atoms with van der Waals surface area (Å²) in [6.45, 7) is 2.08. The number of nitrogens with one attached hydrogen (secondary N) is 1. The minimum absolute atomic E-state index is 0.492. The Morgan fingerprint density at radius 3 is 2.95 bits per heavy atom. The molecular formula is C14H17N3OS2. The van der Waals surface area contributed by atoms with E-state index in [0.29, 0.717) is 18.3 Å². The third-order valence-corrected chi connectivity index (χ3v) is 3.67. The molecule has 0 aliphatic heterocycles. The number of ether oxygens (including phenoxy) is 1. The highest BCUT2D eigenvalue weighted by Gasteiger charge is 1.99. The van der Waals surface area contributed by atoms with Crippen LogP contribution in [0.3, 0.4) is 0 Å². The molecular weight excluding hydrogens is 290 g/mol. The predicted molar refractivity (Wildman–Crippen MR) is 85.9 cm³/mol. The molecule has 20 heavy (non-hydrogen) atoms. The van der Waals surface area contributed by atoms with Crippen LogP contribution in [0, 0.1) is 0 Å². The smallest absolute Gasteiger partial charge is 0.195 e. The van der Waals surface area contributed by atoms with E-state index in [0.717, 1.165) is 11.3 Å². The second kappa shape index (κ2) is 7.94. The fourth-order valence-electron chi connectivity index (χ4n) is 1.67. The molecule has 0 fully saturated rings. The largest absolute Gasteiger partial charge is 0.383 e. The van der Waals surface area contributed by atoms with Crippen LogP contribution in [0.1, 0.15) is 5.56 Å². The maximum absolute atomic E-state index is 5.20. The number of aromatic nitrogens is 1. The van der Waals surface area contributed by atoms with Gasteiger partial charge < -0.3 is 14.6 Å². The molecule has 1 aromatic carbocycles. The van der Waals surface area contributed by atoms with Gasteiger partial charge in [0, 0.05) is 31.8 Å². The number of nitrogens with zero attached hydrogens (tertiary/aromatic N) is 2. The van der Waals surface area contributed by atoms with Crippen molar-refractivity contribution >= 4 is 28.7 Å². The number of rotatable bonds is 5. The molecule has 0 spiro atoms. The summed E-state index contributed by atoms with van der Waals surface area (Å²) in [5.41, 5.74) is 1.24. The van der Waals surface area contributed by atoms with Gasteiger partial charge in [-0.1, -0.05) is 30.3 Å². The molecule has 0 aliphatic carbocycles. The van der Waals surface area contributed by atoms with Crippen LogP contribution in [0.15, 0.2) is 46.9 Å². The summed E-state index contributed by atoms with van der Waals surface area (Å²) < 4.78 is 7.05. The average molecular weight is 307 g/mol. The first-order valence-corrected chi connectivity index (χ1v) is 7.58. The molecule has 0 unspecified atom stereocenters. The van der Waals surface area contributed by atoms with Crippen LogP contribution in [0.5, 0.6) is 0 Å². The lowest BCUT2D eigenvalue weighted by atomic mass is 10.2. The van der Waals surface area contributed by atoms with Crippen molar-refractivity contribution in [1.82, 2.24) is 9.88 Å². The molecule has 1 N–H and O–H groups in total. The number of hydrogen-bond donors (Lipinski definition) is 1. The molecule has 1 aromatic heterocycles. The zero-order valence-electron chi connectivity index (χ0n) is 11.3. The fourth-order valence-corrected chi connectivity index (χ4v) is 2.65. The van der Waals surface area contributed by atoms with E-state index in [4.69, 9.17) is 17.0 Å². The van der Waals surface area contributed by atoms with Gasteiger partial charge >= 0.3 is 0 Å². The highest BCUT2D eigenvalue weighted by molar-refractivity contribution is 7.80. The lowest BCUT2D eigenvalue weighted by Gasteiger charge is -2.04. The van der Waals surface area contributed by atoms with Gasteiger partial charge in [0.05, 0.1) is 6.61 Å². The summed E-state index contributed by atoms with van der Waals surface area (Å²) in [7, 11) is 1.66. The quantitative estimate of drug-likeness (QED) is 0.678. The maximum atomic E-state index is 5.20. The van der Waals surface area contributed by atoms with Gasteiger partial charge in [-0.05, 0) is 17.8 Å². The van der Waals surface area contributed by atoms with Gasteiger partial charge in [0.2, 0.25) is 0 Å². The van der Waals surface area contributed by atoms with Crippen molar-refractivity contribution in [2.45, 2.75) is 6.54 Å². The zero-order valence-corrected chi connectivity index (χ0v) is 12.9. The molecule has 0 atom stereocenters. The molecule has 4 nitrogen and oxygen atoms in total. The second-order valence-electron chi connectivity index (χ2n) is 4.14. The van der Waals surface area contributed by atoms with Crippen molar-refractivity contribution in [2.75, 3.05) is 20.3 Å². The second-order valence-corrected chi connectivity index (χ2v) is 5.40. The molecule has 0 amide bonds. The number of methoxy groups -OCH3 is 1. The van der Waals surface area contributed by atoms with E-state index in [1.807, 2.05) is 29.8 Å². The molecule has 0 saturated carbocycles. The van der Waals surface area contributed by atoms with Gasteiger partial charge in [0.15, 0.2) is 9.91 Å². The minimum Gasteiger partial charge on any atom is -0.383 e. The first kappa shape index (κ1) is 14.9. The Morgan fingerprint density at radius 2 is 2.20 bits per heavy atom. The molecule has 0 saturated heterocycles. The van der Waals surface area contributed by atoms with Crippen LogP contribution in [0.4, 0.5) is 0 Å². The van der Waals surface area contributed by atoms with Crippen LogP contribution in [0.2, 0.25) is 0 Å². The third kappa shape index (κ3) is 4.56. The Balaban J connectivity index is 2.06. The van der Waals surface area contributed by atoms with Gasteiger partial charge in [0.25, 0.3) is 0 Å². The minimum atomic E-state index is 0.492. The Hall–Kier alpha value is -1.50. The third-order valence-electron chi connectivity index (χ3n) is 2.64. The molecule has 0 bridgehead atoms. The Bertz CT molecular complexity index is 604. The van der Waals surface area contributed by atoms with E-state index in [9.17, 15) is 0 Å². The van der Waals surface area contributed by atoms with Crippen molar-refractivity contribution in [3.63, 3.8) is 0 Å². The standard InChI is InChI=1S/C14H17N3OS2/c1-18-9-7-15-13(19)16-14-17(8-10-20-14)11-12-5-3-2-4-6-12/h2-6,8,10H,7,9,11H2,1H3,(H,15,19). The van der Waals surface area contributed by atoms with Crippen molar-refractivity contribution in [3.8, 4) is 0 Å². The van der Waals surface area contributed by atoms with E-state index in [-0.39, 0.29) is 0 Å². The van der Waals surface area contributed by atoms with Crippen LogP contribution < -0.4 is 10.1 Å². The topological polar surface area (TPSA) is 38.5 Å². The van der Waals surface area contributed by atoms with Crippen LogP contribution in [-0.2, 0) is 11.3 Å². The summed E-state index contributed by atoms with van der Waals surface area (Å²) in [6, 6.07) is 10.3. The van der Waals surface area contributed by atoms with Gasteiger partial charge in [-0.2, -0.15) is 4.99 Å². The summed E-state index contributed by atoms with van der Waals surface area (Å²) >= 11 is 6.77. The molecule has 6 heteroatoms. The highest BCUT2D eigenvalue weighted by atomic mass is 32.1. The fraction of sp³-hybridized carbons (Fsp3) is 0.286.